The highest BCUT2D eigenvalue weighted by atomic mass is 35.5. The van der Waals surface area contributed by atoms with Crippen molar-refractivity contribution in [2.75, 3.05) is 24.3 Å². The number of pyridine rings is 1. The highest BCUT2D eigenvalue weighted by Gasteiger charge is 2.09. The van der Waals surface area contributed by atoms with Crippen LogP contribution >= 0.6 is 11.6 Å². The Morgan fingerprint density at radius 2 is 1.95 bits per heavy atom. The molecule has 0 aliphatic rings. The van der Waals surface area contributed by atoms with Crippen LogP contribution in [0.2, 0.25) is 5.02 Å². The summed E-state index contributed by atoms with van der Waals surface area (Å²) in [6, 6.07) is 11.0. The van der Waals surface area contributed by atoms with E-state index in [9.17, 15) is 4.79 Å². The number of carbonyl (C=O) groups excluding carboxylic acids is 1. The van der Waals surface area contributed by atoms with Crippen molar-refractivity contribution in [3.8, 4) is 0 Å². The van der Waals surface area contributed by atoms with Crippen LogP contribution in [0.25, 0.3) is 5.57 Å². The lowest BCUT2D eigenvalue weighted by Crippen LogP contribution is -2.16. The molecule has 0 aliphatic carbocycles. The first-order valence-corrected chi connectivity index (χ1v) is 7.23. The molecule has 0 atom stereocenters. The van der Waals surface area contributed by atoms with E-state index in [1.165, 1.54) is 6.08 Å². The number of anilines is 2. The first kappa shape index (κ1) is 16.0. The molecule has 114 valence electrons. The Hall–Kier alpha value is -2.33. The minimum Gasteiger partial charge on any atom is -0.361 e. The molecule has 1 heterocycles. The number of benzene rings is 1. The number of hydrogen-bond donors (Lipinski definition) is 1. The standard InChI is InChI=1S/C17H18ClN3O/c1-12(13-7-4-5-8-14(13)18)11-16(22)20-15-9-6-10-19-17(15)21(2)3/h4-11H,1-3H3,(H,20,22)/b12-11-. The molecule has 4 nitrogen and oxygen atoms in total. The third-order valence-electron chi connectivity index (χ3n) is 3.11. The number of aromatic nitrogens is 1. The summed E-state index contributed by atoms with van der Waals surface area (Å²) < 4.78 is 0. The van der Waals surface area contributed by atoms with E-state index in [1.54, 1.807) is 18.3 Å². The van der Waals surface area contributed by atoms with Crippen LogP contribution in [0.5, 0.6) is 0 Å². The van der Waals surface area contributed by atoms with Crippen LogP contribution in [0.15, 0.2) is 48.7 Å². The Morgan fingerprint density at radius 1 is 1.23 bits per heavy atom. The maximum Gasteiger partial charge on any atom is 0.248 e. The van der Waals surface area contributed by atoms with Crippen LogP contribution in [0, 0.1) is 0 Å². The number of hydrogen-bond acceptors (Lipinski definition) is 3. The van der Waals surface area contributed by atoms with Crippen molar-refractivity contribution in [1.29, 1.82) is 0 Å². The molecule has 0 fully saturated rings. The van der Waals surface area contributed by atoms with E-state index < -0.39 is 0 Å². The van der Waals surface area contributed by atoms with Gasteiger partial charge >= 0.3 is 0 Å². The Balaban J connectivity index is 2.20. The Bertz CT molecular complexity index is 711. The van der Waals surface area contributed by atoms with Gasteiger partial charge in [0.1, 0.15) is 0 Å². The number of nitrogens with one attached hydrogen (secondary N) is 1. The number of rotatable bonds is 4. The summed E-state index contributed by atoms with van der Waals surface area (Å²) in [6.45, 7) is 1.86. The van der Waals surface area contributed by atoms with Gasteiger partial charge in [0.15, 0.2) is 5.82 Å². The maximum absolute atomic E-state index is 12.2. The number of allylic oxidation sites excluding steroid dienone is 1. The summed E-state index contributed by atoms with van der Waals surface area (Å²) in [4.78, 5) is 18.3. The van der Waals surface area contributed by atoms with Gasteiger partial charge in [-0.15, -0.1) is 0 Å². The van der Waals surface area contributed by atoms with Crippen molar-refractivity contribution in [1.82, 2.24) is 4.98 Å². The van der Waals surface area contributed by atoms with E-state index in [2.05, 4.69) is 10.3 Å². The van der Waals surface area contributed by atoms with E-state index >= 15 is 0 Å². The van der Waals surface area contributed by atoms with E-state index in [0.717, 1.165) is 11.1 Å². The molecule has 1 aromatic carbocycles. The molecule has 1 N–H and O–H groups in total. The Kier molecular flexibility index (Phi) is 5.17. The molecule has 1 amide bonds. The van der Waals surface area contributed by atoms with Crippen LogP contribution in [0.3, 0.4) is 0 Å². The summed E-state index contributed by atoms with van der Waals surface area (Å²) in [5.74, 6) is 0.494. The van der Waals surface area contributed by atoms with Crippen molar-refractivity contribution in [3.05, 3.63) is 59.3 Å². The highest BCUT2D eigenvalue weighted by Crippen LogP contribution is 2.24. The van der Waals surface area contributed by atoms with Gasteiger partial charge in [0.25, 0.3) is 0 Å². The number of carbonyl (C=O) groups is 1. The second-order valence-electron chi connectivity index (χ2n) is 5.07. The lowest BCUT2D eigenvalue weighted by molar-refractivity contribution is -0.111. The van der Waals surface area contributed by atoms with E-state index in [-0.39, 0.29) is 5.91 Å². The fraction of sp³-hybridized carbons (Fsp3) is 0.176. The van der Waals surface area contributed by atoms with Crippen LogP contribution in [-0.4, -0.2) is 25.0 Å². The third kappa shape index (κ3) is 3.86. The third-order valence-corrected chi connectivity index (χ3v) is 3.44. The molecule has 0 aliphatic heterocycles. The quantitative estimate of drug-likeness (QED) is 0.872. The average Bonchev–Trinajstić information content (AvgIpc) is 2.47. The minimum absolute atomic E-state index is 0.214. The van der Waals surface area contributed by atoms with Crippen LogP contribution < -0.4 is 10.2 Å². The van der Waals surface area contributed by atoms with Gasteiger partial charge in [0.05, 0.1) is 5.69 Å². The predicted octanol–water partition coefficient (Wildman–Crippen LogP) is 3.84. The van der Waals surface area contributed by atoms with Crippen molar-refractivity contribution in [2.24, 2.45) is 0 Å². The van der Waals surface area contributed by atoms with Crippen LogP contribution in [0.1, 0.15) is 12.5 Å². The normalized spacial score (nSPS) is 11.2. The van der Waals surface area contributed by atoms with E-state index in [0.29, 0.717) is 16.5 Å². The smallest absolute Gasteiger partial charge is 0.248 e. The largest absolute Gasteiger partial charge is 0.361 e. The first-order valence-electron chi connectivity index (χ1n) is 6.85. The SMILES string of the molecule is C/C(=C/C(=O)Nc1cccnc1N(C)C)c1ccccc1Cl. The molecule has 0 saturated carbocycles. The molecule has 22 heavy (non-hydrogen) atoms. The molecule has 0 bridgehead atoms. The molecule has 1 aromatic heterocycles. The molecular weight excluding hydrogens is 298 g/mol. The summed E-state index contributed by atoms with van der Waals surface area (Å²) >= 11 is 6.14. The molecule has 0 radical (unpaired) electrons. The molecule has 2 rings (SSSR count). The Labute approximate surface area is 135 Å². The molecule has 2 aromatic rings. The van der Waals surface area contributed by atoms with Gasteiger partial charge in [-0.25, -0.2) is 4.98 Å². The fourth-order valence-electron chi connectivity index (χ4n) is 2.08. The second kappa shape index (κ2) is 7.09. The van der Waals surface area contributed by atoms with E-state index in [1.807, 2.05) is 50.2 Å². The zero-order valence-corrected chi connectivity index (χ0v) is 13.6. The van der Waals surface area contributed by atoms with Crippen LogP contribution in [-0.2, 0) is 4.79 Å². The zero-order valence-electron chi connectivity index (χ0n) is 12.8. The predicted molar refractivity (Wildman–Crippen MR) is 92.3 cm³/mol. The van der Waals surface area contributed by atoms with Gasteiger partial charge < -0.3 is 10.2 Å². The molecule has 0 unspecified atom stereocenters. The van der Waals surface area contributed by atoms with Crippen molar-refractivity contribution in [2.45, 2.75) is 6.92 Å². The van der Waals surface area contributed by atoms with Gasteiger partial charge in [0.2, 0.25) is 5.91 Å². The van der Waals surface area contributed by atoms with E-state index in [4.69, 9.17) is 11.6 Å². The van der Waals surface area contributed by atoms with Gasteiger partial charge in [-0.2, -0.15) is 0 Å². The van der Waals surface area contributed by atoms with Crippen molar-refractivity contribution in [3.63, 3.8) is 0 Å². The van der Waals surface area contributed by atoms with Gasteiger partial charge in [0, 0.05) is 31.4 Å². The lowest BCUT2D eigenvalue weighted by Gasteiger charge is -2.15. The number of amides is 1. The van der Waals surface area contributed by atoms with Crippen LogP contribution in [0.4, 0.5) is 11.5 Å². The molecule has 5 heteroatoms. The summed E-state index contributed by atoms with van der Waals surface area (Å²) in [7, 11) is 3.76. The topological polar surface area (TPSA) is 45.2 Å². The maximum atomic E-state index is 12.2. The Morgan fingerprint density at radius 3 is 2.64 bits per heavy atom. The number of halogens is 1. The lowest BCUT2D eigenvalue weighted by atomic mass is 10.1. The monoisotopic (exact) mass is 315 g/mol. The number of nitrogens with zero attached hydrogens (tertiary/aromatic N) is 2. The minimum atomic E-state index is -0.214. The van der Waals surface area contributed by atoms with Crippen molar-refractivity contribution < 1.29 is 4.79 Å². The summed E-state index contributed by atoms with van der Waals surface area (Å²) in [5.41, 5.74) is 2.32. The summed E-state index contributed by atoms with van der Waals surface area (Å²) in [6.07, 6.45) is 3.23. The molecule has 0 saturated heterocycles. The average molecular weight is 316 g/mol. The summed E-state index contributed by atoms with van der Waals surface area (Å²) in [5, 5.41) is 3.47. The van der Waals surface area contributed by atoms with Gasteiger partial charge in [-0.1, -0.05) is 29.8 Å². The van der Waals surface area contributed by atoms with Gasteiger partial charge in [-0.3, -0.25) is 4.79 Å². The molecular formula is C17H18ClN3O. The highest BCUT2D eigenvalue weighted by molar-refractivity contribution is 6.32. The van der Waals surface area contributed by atoms with Crippen molar-refractivity contribution >= 4 is 34.6 Å². The zero-order chi connectivity index (χ0) is 16.1. The molecule has 0 spiro atoms. The second-order valence-corrected chi connectivity index (χ2v) is 5.47. The van der Waals surface area contributed by atoms with Gasteiger partial charge in [-0.05, 0) is 36.3 Å². The fourth-order valence-corrected chi connectivity index (χ4v) is 2.36. The first-order chi connectivity index (χ1) is 10.5.